The molecule has 4 saturated carbocycles. The Kier molecular flexibility index (Phi) is 7.58. The second-order valence-electron chi connectivity index (χ2n) is 13.0. The van der Waals surface area contributed by atoms with E-state index < -0.39 is 47.9 Å². The summed E-state index contributed by atoms with van der Waals surface area (Å²) in [6, 6.07) is 0. The number of carboxylic acid groups (broad SMARTS) is 1. The fourth-order valence-corrected chi connectivity index (χ4v) is 12.0. The molecule has 36 heavy (non-hydrogen) atoms. The van der Waals surface area contributed by atoms with Gasteiger partial charge >= 0.3 is 7.60 Å². The van der Waals surface area contributed by atoms with Gasteiger partial charge in [-0.1, -0.05) is 20.8 Å². The van der Waals surface area contributed by atoms with Crippen LogP contribution in [0.15, 0.2) is 0 Å². The Morgan fingerprint density at radius 1 is 1.11 bits per heavy atom. The molecule has 0 heterocycles. The number of fused-ring (bicyclic) bond motifs is 5. The molecule has 0 saturated heterocycles. The predicted molar refractivity (Wildman–Crippen MR) is 131 cm³/mol. The van der Waals surface area contributed by atoms with Gasteiger partial charge in [0.05, 0.1) is 23.5 Å². The molecule has 9 nitrogen and oxygen atoms in total. The first-order chi connectivity index (χ1) is 16.6. The Hall–Kier alpha value is -0.540. The maximum Gasteiger partial charge on any atom is 0.332 e. The average molecular weight is 531 g/mol. The first kappa shape index (κ1) is 28.5. The summed E-state index contributed by atoms with van der Waals surface area (Å²) in [7, 11) is -4.74. The van der Waals surface area contributed by atoms with E-state index >= 15 is 0 Å². The molecule has 0 aromatic rings. The first-order valence-corrected chi connectivity index (χ1v) is 15.3. The van der Waals surface area contributed by atoms with E-state index in [0.717, 1.165) is 12.8 Å². The van der Waals surface area contributed by atoms with Crippen molar-refractivity contribution >= 4 is 13.6 Å². The van der Waals surface area contributed by atoms with Crippen LogP contribution in [-0.4, -0.2) is 61.1 Å². The lowest BCUT2D eigenvalue weighted by Gasteiger charge is -2.68. The highest BCUT2D eigenvalue weighted by Gasteiger charge is 2.73. The van der Waals surface area contributed by atoms with E-state index in [2.05, 4.69) is 6.92 Å². The third-order valence-corrected chi connectivity index (χ3v) is 13.8. The van der Waals surface area contributed by atoms with Gasteiger partial charge in [-0.2, -0.15) is 0 Å². The Labute approximate surface area is 214 Å². The molecule has 0 amide bonds. The fraction of sp³-hybridized carbons (Fsp3) is 0.962. The smallest absolute Gasteiger partial charge is 0.332 e. The third kappa shape index (κ3) is 3.95. The van der Waals surface area contributed by atoms with Crippen molar-refractivity contribution < 1.29 is 39.6 Å². The van der Waals surface area contributed by atoms with Crippen LogP contribution in [-0.2, 0) is 9.36 Å². The highest BCUT2D eigenvalue weighted by Crippen LogP contribution is 2.76. The van der Waals surface area contributed by atoms with Crippen molar-refractivity contribution in [3.05, 3.63) is 0 Å². The summed E-state index contributed by atoms with van der Waals surface area (Å²) >= 11 is 0. The predicted octanol–water partition coefficient (Wildman–Crippen LogP) is 0.989. The average Bonchev–Trinajstić information content (AvgIpc) is 3.12. The van der Waals surface area contributed by atoms with Gasteiger partial charge in [-0.15, -0.1) is 0 Å². The normalized spacial score (nSPS) is 49.6. The first-order valence-electron chi connectivity index (χ1n) is 13.6. The lowest BCUT2D eigenvalue weighted by atomic mass is 9.40. The van der Waals surface area contributed by atoms with Gasteiger partial charge in [0.15, 0.2) is 0 Å². The van der Waals surface area contributed by atoms with Gasteiger partial charge in [-0.3, -0.25) is 4.57 Å². The number of aliphatic hydroxyl groups excluding tert-OH is 3. The molecular formula is C26H45NO8P-. The number of rotatable bonds is 7. The van der Waals surface area contributed by atoms with E-state index in [1.165, 1.54) is 0 Å². The molecule has 4 aliphatic rings. The van der Waals surface area contributed by atoms with Gasteiger partial charge in [-0.05, 0) is 111 Å². The minimum Gasteiger partial charge on any atom is -0.550 e. The molecule has 0 bridgehead atoms. The van der Waals surface area contributed by atoms with E-state index in [0.29, 0.717) is 25.7 Å². The van der Waals surface area contributed by atoms with Gasteiger partial charge < -0.3 is 40.7 Å². The van der Waals surface area contributed by atoms with Crippen molar-refractivity contribution in [3.8, 4) is 0 Å². The number of hydrogen-bond acceptors (Lipinski definition) is 7. The van der Waals surface area contributed by atoms with Crippen LogP contribution in [0.1, 0.15) is 78.6 Å². The third-order valence-electron chi connectivity index (χ3n) is 11.8. The number of carbonyl (C=O) groups excluding carboxylic acids is 1. The van der Waals surface area contributed by atoms with Gasteiger partial charge in [0.25, 0.3) is 0 Å². The number of carbonyl (C=O) groups is 1. The minimum atomic E-state index is -4.74. The standard InChI is InChI=1S/C26H46NO8P/c1-14(4-7-22(31)32)17-5-6-18-23-19(12-21(30)24(17,18)2)25(3)15(11-20(23)29)10-16(28)13-26(25,8-9-27)36(33,34)35/h14-21,23,28-30H,4-13,27H2,1-3H3,(H,31,32)(H2,33,34,35)/p-1/t14-,15+,16+,17-,18+,19+,20-,21+,23+,24-,25+,26?/m1/s1. The van der Waals surface area contributed by atoms with Crippen molar-refractivity contribution in [3.63, 3.8) is 0 Å². The van der Waals surface area contributed by atoms with Crippen LogP contribution >= 0.6 is 7.60 Å². The van der Waals surface area contributed by atoms with Crippen molar-refractivity contribution in [1.29, 1.82) is 0 Å². The summed E-state index contributed by atoms with van der Waals surface area (Å²) in [5.41, 5.74) is 4.50. The quantitative estimate of drug-likeness (QED) is 0.261. The molecule has 7 N–H and O–H groups in total. The molecule has 4 rings (SSSR count). The van der Waals surface area contributed by atoms with Gasteiger partial charge in [-0.25, -0.2) is 0 Å². The Bertz CT molecular complexity index is 897. The van der Waals surface area contributed by atoms with E-state index in [1.807, 2.05) is 13.8 Å². The minimum absolute atomic E-state index is 0.0326. The molecule has 0 aromatic heterocycles. The molecule has 1 unspecified atom stereocenters. The van der Waals surface area contributed by atoms with Crippen LogP contribution < -0.4 is 10.8 Å². The van der Waals surface area contributed by atoms with Gasteiger partial charge in [0.1, 0.15) is 0 Å². The topological polar surface area (TPSA) is 184 Å². The van der Waals surface area contributed by atoms with Crippen LogP contribution in [0, 0.1) is 46.3 Å². The van der Waals surface area contributed by atoms with Crippen LogP contribution in [0.2, 0.25) is 0 Å². The molecule has 4 aliphatic carbocycles. The summed E-state index contributed by atoms with van der Waals surface area (Å²) in [4.78, 5) is 32.7. The fourth-order valence-electron chi connectivity index (χ4n) is 10.2. The van der Waals surface area contributed by atoms with Gasteiger partial charge in [0, 0.05) is 5.97 Å². The summed E-state index contributed by atoms with van der Waals surface area (Å²) in [5, 5.41) is 43.6. The number of hydrogen-bond donors (Lipinski definition) is 6. The van der Waals surface area contributed by atoms with Crippen molar-refractivity contribution in [2.24, 2.45) is 52.1 Å². The number of carboxylic acids is 1. The van der Waals surface area contributed by atoms with E-state index in [-0.39, 0.29) is 61.3 Å². The molecular weight excluding hydrogens is 485 g/mol. The zero-order chi connectivity index (χ0) is 26.8. The summed E-state index contributed by atoms with van der Waals surface area (Å²) in [5.74, 6) is -1.86. The maximum atomic E-state index is 13.3. The largest absolute Gasteiger partial charge is 0.550 e. The lowest BCUT2D eigenvalue weighted by molar-refractivity contribution is -0.306. The number of aliphatic hydroxyl groups is 3. The maximum absolute atomic E-state index is 13.3. The summed E-state index contributed by atoms with van der Waals surface area (Å²) in [6.07, 6.45) is 0.760. The lowest BCUT2D eigenvalue weighted by Crippen LogP contribution is -2.69. The number of nitrogens with two attached hydrogens (primary N) is 1. The van der Waals surface area contributed by atoms with Crippen molar-refractivity contribution in [2.75, 3.05) is 6.54 Å². The van der Waals surface area contributed by atoms with Crippen LogP contribution in [0.5, 0.6) is 0 Å². The second-order valence-corrected chi connectivity index (χ2v) is 14.9. The summed E-state index contributed by atoms with van der Waals surface area (Å²) < 4.78 is 13.3. The summed E-state index contributed by atoms with van der Waals surface area (Å²) in [6.45, 7) is 6.08. The zero-order valence-corrected chi connectivity index (χ0v) is 22.6. The van der Waals surface area contributed by atoms with E-state index in [9.17, 15) is 39.6 Å². The van der Waals surface area contributed by atoms with Gasteiger partial charge in [0.2, 0.25) is 0 Å². The Morgan fingerprint density at radius 2 is 1.78 bits per heavy atom. The molecule has 4 fully saturated rings. The second kappa shape index (κ2) is 9.58. The van der Waals surface area contributed by atoms with E-state index in [4.69, 9.17) is 5.73 Å². The molecule has 0 aliphatic heterocycles. The van der Waals surface area contributed by atoms with Crippen molar-refractivity contribution in [1.82, 2.24) is 0 Å². The van der Waals surface area contributed by atoms with Crippen LogP contribution in [0.3, 0.4) is 0 Å². The van der Waals surface area contributed by atoms with Crippen LogP contribution in [0.4, 0.5) is 0 Å². The van der Waals surface area contributed by atoms with Crippen molar-refractivity contribution in [2.45, 2.75) is 102 Å². The molecule has 208 valence electrons. The number of aliphatic carboxylic acids is 1. The molecule has 0 spiro atoms. The SMILES string of the molecule is C[C@H](CCC(=O)[O-])[C@H]1CC[C@H]2[C@@H]3[C@H](O)C[C@@H]4C[C@H](O)CC(CCN)(P(=O)(O)O)[C@]4(C)[C@H]3C[C@H](O)[C@]12C. The Balaban J connectivity index is 1.77. The molecule has 12 atom stereocenters. The van der Waals surface area contributed by atoms with Crippen LogP contribution in [0.25, 0.3) is 0 Å². The highest BCUT2D eigenvalue weighted by atomic mass is 31.2. The molecule has 0 aromatic carbocycles. The van der Waals surface area contributed by atoms with E-state index in [1.54, 1.807) is 0 Å². The molecule has 10 heteroatoms. The highest BCUT2D eigenvalue weighted by molar-refractivity contribution is 7.53. The Morgan fingerprint density at radius 3 is 2.36 bits per heavy atom. The zero-order valence-electron chi connectivity index (χ0n) is 21.8. The monoisotopic (exact) mass is 530 g/mol. The molecule has 0 radical (unpaired) electrons.